The minimum absolute atomic E-state index is 0.202. The van der Waals surface area contributed by atoms with Crippen molar-refractivity contribution < 1.29 is 18.0 Å². The van der Waals surface area contributed by atoms with Gasteiger partial charge in [0.1, 0.15) is 5.92 Å². The lowest BCUT2D eigenvalue weighted by Crippen LogP contribution is -2.52. The van der Waals surface area contributed by atoms with Crippen molar-refractivity contribution in [3.05, 3.63) is 0 Å². The number of piperazine rings is 1. The summed E-state index contributed by atoms with van der Waals surface area (Å²) >= 11 is 0. The summed E-state index contributed by atoms with van der Waals surface area (Å²) in [5.41, 5.74) is 0. The number of nitrogens with zero attached hydrogens (tertiary/aromatic N) is 3. The van der Waals surface area contributed by atoms with E-state index >= 15 is 0 Å². The zero-order valence-electron chi connectivity index (χ0n) is 10.2. The summed E-state index contributed by atoms with van der Waals surface area (Å²) in [7, 11) is 0. The van der Waals surface area contributed by atoms with E-state index in [0.717, 1.165) is 0 Å². The van der Waals surface area contributed by atoms with Crippen LogP contribution in [0.1, 0.15) is 13.3 Å². The lowest BCUT2D eigenvalue weighted by molar-refractivity contribution is -0.152. The number of hydrogen-bond donors (Lipinski definition) is 0. The molecule has 1 fully saturated rings. The Morgan fingerprint density at radius 3 is 2.28 bits per heavy atom. The quantitative estimate of drug-likeness (QED) is 0.769. The molecule has 0 N–H and O–H groups in total. The van der Waals surface area contributed by atoms with E-state index in [2.05, 4.69) is 0 Å². The Labute approximate surface area is 104 Å². The maximum Gasteiger partial charge on any atom is 0.401 e. The first kappa shape index (κ1) is 14.8. The van der Waals surface area contributed by atoms with Crippen LogP contribution in [0, 0.1) is 17.2 Å². The summed E-state index contributed by atoms with van der Waals surface area (Å²) in [4.78, 5) is 14.6. The molecule has 1 aliphatic heterocycles. The molecule has 1 aliphatic rings. The Bertz CT molecular complexity index is 329. The van der Waals surface area contributed by atoms with Crippen LogP contribution < -0.4 is 0 Å². The number of nitriles is 1. The molecule has 1 atom stereocenters. The topological polar surface area (TPSA) is 47.3 Å². The van der Waals surface area contributed by atoms with Crippen molar-refractivity contribution in [2.45, 2.75) is 19.5 Å². The molecule has 1 saturated heterocycles. The molecule has 0 spiro atoms. The zero-order valence-corrected chi connectivity index (χ0v) is 10.2. The van der Waals surface area contributed by atoms with E-state index in [4.69, 9.17) is 5.26 Å². The van der Waals surface area contributed by atoms with Crippen LogP contribution in [0.4, 0.5) is 13.2 Å². The standard InChI is InChI=1S/C11H16F3N3O/c1-2-9(7-15)10(18)17-5-3-16(4-6-17)8-11(12,13)14/h9H,2-6,8H2,1H3. The smallest absolute Gasteiger partial charge is 0.339 e. The van der Waals surface area contributed by atoms with E-state index < -0.39 is 18.6 Å². The first-order valence-corrected chi connectivity index (χ1v) is 5.85. The Kier molecular flexibility index (Phi) is 4.96. The van der Waals surface area contributed by atoms with Crippen LogP contribution in [0.25, 0.3) is 0 Å². The van der Waals surface area contributed by atoms with Crippen LogP contribution in [-0.4, -0.2) is 54.6 Å². The highest BCUT2D eigenvalue weighted by Crippen LogP contribution is 2.18. The van der Waals surface area contributed by atoms with Gasteiger partial charge in [-0.15, -0.1) is 0 Å². The highest BCUT2D eigenvalue weighted by molar-refractivity contribution is 5.81. The van der Waals surface area contributed by atoms with Gasteiger partial charge in [0.25, 0.3) is 0 Å². The van der Waals surface area contributed by atoms with E-state index in [-0.39, 0.29) is 32.1 Å². The second-order valence-corrected chi connectivity index (χ2v) is 4.31. The normalized spacial score (nSPS) is 19.4. The van der Waals surface area contributed by atoms with Gasteiger partial charge in [-0.2, -0.15) is 18.4 Å². The third-order valence-corrected chi connectivity index (χ3v) is 2.95. The van der Waals surface area contributed by atoms with Crippen LogP contribution in [0.15, 0.2) is 0 Å². The second kappa shape index (κ2) is 6.05. The predicted molar refractivity (Wildman–Crippen MR) is 58.5 cm³/mol. The van der Waals surface area contributed by atoms with Crippen LogP contribution in [0.2, 0.25) is 0 Å². The monoisotopic (exact) mass is 263 g/mol. The molecule has 1 unspecified atom stereocenters. The van der Waals surface area contributed by atoms with Gasteiger partial charge in [0.05, 0.1) is 12.6 Å². The molecule has 102 valence electrons. The summed E-state index contributed by atoms with van der Waals surface area (Å²) in [5.74, 6) is -0.953. The molecular formula is C11H16F3N3O. The van der Waals surface area contributed by atoms with E-state index in [1.807, 2.05) is 6.07 Å². The average Bonchev–Trinajstić information content (AvgIpc) is 2.29. The van der Waals surface area contributed by atoms with Gasteiger partial charge < -0.3 is 4.90 Å². The number of halogens is 3. The third-order valence-electron chi connectivity index (χ3n) is 2.95. The lowest BCUT2D eigenvalue weighted by atomic mass is 10.1. The van der Waals surface area contributed by atoms with Crippen LogP contribution >= 0.6 is 0 Å². The highest BCUT2D eigenvalue weighted by atomic mass is 19.4. The Hall–Kier alpha value is -1.29. The fraction of sp³-hybridized carbons (Fsp3) is 0.818. The number of alkyl halides is 3. The molecule has 7 heteroatoms. The summed E-state index contributed by atoms with van der Waals surface area (Å²) in [5, 5.41) is 8.78. The van der Waals surface area contributed by atoms with Gasteiger partial charge in [-0.3, -0.25) is 9.69 Å². The van der Waals surface area contributed by atoms with Gasteiger partial charge >= 0.3 is 6.18 Å². The van der Waals surface area contributed by atoms with Crippen molar-refractivity contribution in [2.24, 2.45) is 5.92 Å². The molecule has 1 rings (SSSR count). The molecule has 0 aromatic heterocycles. The van der Waals surface area contributed by atoms with Gasteiger partial charge in [0, 0.05) is 26.2 Å². The SMILES string of the molecule is CCC(C#N)C(=O)N1CCN(CC(F)(F)F)CC1. The fourth-order valence-electron chi connectivity index (χ4n) is 1.92. The Morgan fingerprint density at radius 1 is 1.33 bits per heavy atom. The zero-order chi connectivity index (χ0) is 13.8. The summed E-state index contributed by atoms with van der Waals surface area (Å²) < 4.78 is 36.5. The summed E-state index contributed by atoms with van der Waals surface area (Å²) in [6.07, 6.45) is -3.77. The van der Waals surface area contributed by atoms with E-state index in [9.17, 15) is 18.0 Å². The molecule has 0 aromatic rings. The van der Waals surface area contributed by atoms with Crippen molar-refractivity contribution >= 4 is 5.91 Å². The first-order chi connectivity index (χ1) is 8.37. The van der Waals surface area contributed by atoms with Crippen molar-refractivity contribution in [2.75, 3.05) is 32.7 Å². The molecule has 1 heterocycles. The van der Waals surface area contributed by atoms with E-state index in [0.29, 0.717) is 6.42 Å². The van der Waals surface area contributed by atoms with Gasteiger partial charge in [0.15, 0.2) is 0 Å². The molecule has 1 amide bonds. The molecule has 18 heavy (non-hydrogen) atoms. The van der Waals surface area contributed by atoms with Crippen molar-refractivity contribution in [1.82, 2.24) is 9.80 Å². The first-order valence-electron chi connectivity index (χ1n) is 5.85. The third kappa shape index (κ3) is 4.18. The Morgan fingerprint density at radius 2 is 1.89 bits per heavy atom. The molecule has 0 aliphatic carbocycles. The average molecular weight is 263 g/mol. The maximum absolute atomic E-state index is 12.2. The van der Waals surface area contributed by atoms with Gasteiger partial charge in [-0.1, -0.05) is 6.92 Å². The fourth-order valence-corrected chi connectivity index (χ4v) is 1.92. The molecular weight excluding hydrogens is 247 g/mol. The lowest BCUT2D eigenvalue weighted by Gasteiger charge is -2.35. The van der Waals surface area contributed by atoms with Gasteiger partial charge in [-0.25, -0.2) is 0 Å². The number of hydrogen-bond acceptors (Lipinski definition) is 3. The number of carbonyl (C=O) groups is 1. The number of amides is 1. The molecule has 0 radical (unpaired) electrons. The minimum Gasteiger partial charge on any atom is -0.339 e. The maximum atomic E-state index is 12.2. The van der Waals surface area contributed by atoms with E-state index in [1.165, 1.54) is 9.80 Å². The van der Waals surface area contributed by atoms with Gasteiger partial charge in [-0.05, 0) is 6.42 Å². The second-order valence-electron chi connectivity index (χ2n) is 4.31. The molecule has 0 saturated carbocycles. The Balaban J connectivity index is 2.45. The van der Waals surface area contributed by atoms with Crippen LogP contribution in [-0.2, 0) is 4.79 Å². The summed E-state index contributed by atoms with van der Waals surface area (Å²) in [6, 6.07) is 1.91. The van der Waals surface area contributed by atoms with Crippen LogP contribution in [0.3, 0.4) is 0 Å². The number of rotatable bonds is 3. The van der Waals surface area contributed by atoms with Crippen molar-refractivity contribution in [3.8, 4) is 6.07 Å². The minimum atomic E-state index is -4.20. The largest absolute Gasteiger partial charge is 0.401 e. The number of carbonyl (C=O) groups excluding carboxylic acids is 1. The molecule has 4 nitrogen and oxygen atoms in total. The van der Waals surface area contributed by atoms with Crippen molar-refractivity contribution in [1.29, 1.82) is 5.26 Å². The van der Waals surface area contributed by atoms with Gasteiger partial charge in [0.2, 0.25) is 5.91 Å². The predicted octanol–water partition coefficient (Wildman–Crippen LogP) is 1.24. The summed E-state index contributed by atoms with van der Waals surface area (Å²) in [6.45, 7) is 1.72. The molecule has 0 bridgehead atoms. The molecule has 0 aromatic carbocycles. The van der Waals surface area contributed by atoms with E-state index in [1.54, 1.807) is 6.92 Å². The van der Waals surface area contributed by atoms with Crippen LogP contribution in [0.5, 0.6) is 0 Å². The highest BCUT2D eigenvalue weighted by Gasteiger charge is 2.33. The van der Waals surface area contributed by atoms with Crippen molar-refractivity contribution in [3.63, 3.8) is 0 Å².